The van der Waals surface area contributed by atoms with Gasteiger partial charge in [0.25, 0.3) is 0 Å². The van der Waals surface area contributed by atoms with E-state index in [-0.39, 0.29) is 18.8 Å². The predicted octanol–water partition coefficient (Wildman–Crippen LogP) is 3.28. The van der Waals surface area contributed by atoms with Crippen molar-refractivity contribution in [2.24, 2.45) is 40.9 Å². The normalized spacial score (nSPS) is 40.8. The molecule has 0 spiro atoms. The van der Waals surface area contributed by atoms with Crippen LogP contribution >= 0.6 is 0 Å². The first kappa shape index (κ1) is 27.0. The van der Waals surface area contributed by atoms with Crippen LogP contribution in [0.3, 0.4) is 0 Å². The molecular formula is C31H38O7. The molecule has 8 atom stereocenters. The number of rotatable bonds is 5. The van der Waals surface area contributed by atoms with Crippen LogP contribution in [0.25, 0.3) is 0 Å². The van der Waals surface area contributed by atoms with Gasteiger partial charge in [-0.15, -0.1) is 0 Å². The quantitative estimate of drug-likeness (QED) is 0.308. The third-order valence-electron chi connectivity index (χ3n) is 10.1. The second-order valence-electron chi connectivity index (χ2n) is 12.7. The third kappa shape index (κ3) is 3.21. The van der Waals surface area contributed by atoms with E-state index in [4.69, 9.17) is 4.74 Å². The lowest BCUT2D eigenvalue weighted by Gasteiger charge is -2.53. The molecule has 0 aliphatic heterocycles. The average molecular weight is 523 g/mol. The van der Waals surface area contributed by atoms with Gasteiger partial charge < -0.3 is 20.1 Å². The molecule has 0 unspecified atom stereocenters. The van der Waals surface area contributed by atoms with Crippen molar-refractivity contribution in [3.8, 4) is 0 Å². The summed E-state index contributed by atoms with van der Waals surface area (Å²) in [6.45, 7) is 10.4. The number of aliphatic hydroxyl groups is 3. The molecule has 0 radical (unpaired) electrons. The molecule has 0 heterocycles. The minimum absolute atomic E-state index is 0.115. The molecule has 4 aliphatic rings. The first-order valence-corrected chi connectivity index (χ1v) is 13.5. The molecule has 7 nitrogen and oxygen atoms in total. The number of Topliss-reactive ketones (excluding diaryl/α,β-unsaturated/α-hetero) is 2. The van der Waals surface area contributed by atoms with Gasteiger partial charge in [-0.25, -0.2) is 0 Å². The fourth-order valence-electron chi connectivity index (χ4n) is 8.20. The van der Waals surface area contributed by atoms with Crippen molar-refractivity contribution in [2.45, 2.75) is 64.8 Å². The van der Waals surface area contributed by atoms with Gasteiger partial charge in [0, 0.05) is 41.1 Å². The topological polar surface area (TPSA) is 121 Å². The van der Waals surface area contributed by atoms with E-state index in [1.54, 1.807) is 64.1 Å². The lowest BCUT2D eigenvalue weighted by molar-refractivity contribution is -0.199. The van der Waals surface area contributed by atoms with Crippen LogP contribution < -0.4 is 0 Å². The van der Waals surface area contributed by atoms with Gasteiger partial charge in [0.15, 0.2) is 11.6 Å². The van der Waals surface area contributed by atoms with Crippen molar-refractivity contribution in [2.75, 3.05) is 6.61 Å². The highest BCUT2D eigenvalue weighted by Crippen LogP contribution is 2.78. The fourth-order valence-corrected chi connectivity index (χ4v) is 8.20. The van der Waals surface area contributed by atoms with E-state index >= 15 is 0 Å². The molecule has 2 saturated carbocycles. The summed E-state index contributed by atoms with van der Waals surface area (Å²) >= 11 is 0. The maximum atomic E-state index is 14.3. The minimum atomic E-state index is -1.94. The number of carbonyl (C=O) groups is 3. The van der Waals surface area contributed by atoms with Crippen LogP contribution in [-0.4, -0.2) is 56.3 Å². The number of esters is 1. The summed E-state index contributed by atoms with van der Waals surface area (Å²) in [5, 5.41) is 34.8. The van der Waals surface area contributed by atoms with Gasteiger partial charge in [-0.3, -0.25) is 14.4 Å². The van der Waals surface area contributed by atoms with Gasteiger partial charge in [0.2, 0.25) is 0 Å². The molecule has 0 amide bonds. The molecule has 2 fully saturated rings. The molecule has 0 aromatic heterocycles. The molecule has 5 rings (SSSR count). The van der Waals surface area contributed by atoms with E-state index in [1.807, 2.05) is 19.9 Å². The Morgan fingerprint density at radius 3 is 2.32 bits per heavy atom. The van der Waals surface area contributed by atoms with Crippen LogP contribution in [0.4, 0.5) is 0 Å². The SMILES string of the molecule is CC1=C[C@H]2[C@@]3(O)[C@H](C)[C@@H](C(=O)c4ccccc4)[C@]4(OC(=O)C(C)C)[C@H]([C@@H]3C=C(CO)C[C@]2(O)C1=O)C4(C)C. The zero-order chi connectivity index (χ0) is 28.0. The molecule has 0 saturated heterocycles. The second-order valence-corrected chi connectivity index (χ2v) is 12.7. The number of hydrogen-bond donors (Lipinski definition) is 3. The Morgan fingerprint density at radius 1 is 1.11 bits per heavy atom. The van der Waals surface area contributed by atoms with Crippen LogP contribution in [0.15, 0.2) is 53.6 Å². The first-order valence-electron chi connectivity index (χ1n) is 13.5. The standard InChI is InChI=1S/C31H38O7/c1-16(2)27(35)38-31-23(24(33)20-10-8-7-9-11-20)18(4)30(37)21(25(31)28(31,5)6)13-19(15-32)14-29(36)22(30)12-17(3)26(29)34/h7-13,16,18,21-23,25,32,36-37H,14-15H2,1-6H3/t18-,21+,22-,23+,25-,29-,30-,31+/m1/s1. The van der Waals surface area contributed by atoms with Crippen LogP contribution in [-0.2, 0) is 14.3 Å². The maximum absolute atomic E-state index is 14.3. The summed E-state index contributed by atoms with van der Waals surface area (Å²) in [6.07, 6.45) is 3.28. The molecule has 1 aromatic carbocycles. The van der Waals surface area contributed by atoms with Crippen LogP contribution in [0, 0.1) is 40.9 Å². The van der Waals surface area contributed by atoms with E-state index in [0.717, 1.165) is 0 Å². The zero-order valence-corrected chi connectivity index (χ0v) is 22.9. The van der Waals surface area contributed by atoms with Crippen molar-refractivity contribution >= 4 is 17.5 Å². The minimum Gasteiger partial charge on any atom is -0.457 e. The molecule has 0 bridgehead atoms. The number of ether oxygens (including phenoxy) is 1. The summed E-state index contributed by atoms with van der Waals surface area (Å²) in [6, 6.07) is 8.77. The van der Waals surface area contributed by atoms with Gasteiger partial charge in [-0.2, -0.15) is 0 Å². The summed E-state index contributed by atoms with van der Waals surface area (Å²) in [5.74, 6) is -5.46. The molecule has 4 aliphatic carbocycles. The Bertz CT molecular complexity index is 1260. The van der Waals surface area contributed by atoms with Crippen LogP contribution in [0.2, 0.25) is 0 Å². The van der Waals surface area contributed by atoms with Crippen molar-refractivity contribution in [3.63, 3.8) is 0 Å². The molecular weight excluding hydrogens is 484 g/mol. The van der Waals surface area contributed by atoms with Crippen molar-refractivity contribution in [1.29, 1.82) is 0 Å². The van der Waals surface area contributed by atoms with Gasteiger partial charge in [-0.05, 0) is 18.1 Å². The highest BCUT2D eigenvalue weighted by atomic mass is 16.6. The third-order valence-corrected chi connectivity index (χ3v) is 10.1. The molecule has 3 N–H and O–H groups in total. The highest BCUT2D eigenvalue weighted by molar-refractivity contribution is 6.05. The smallest absolute Gasteiger partial charge is 0.308 e. The predicted molar refractivity (Wildman–Crippen MR) is 140 cm³/mol. The van der Waals surface area contributed by atoms with Crippen LogP contribution in [0.1, 0.15) is 58.3 Å². The Morgan fingerprint density at radius 2 is 1.74 bits per heavy atom. The molecule has 7 heteroatoms. The highest BCUT2D eigenvalue weighted by Gasteiger charge is 2.87. The maximum Gasteiger partial charge on any atom is 0.308 e. The van der Waals surface area contributed by atoms with Crippen LogP contribution in [0.5, 0.6) is 0 Å². The Hall–Kier alpha value is -2.61. The Balaban J connectivity index is 1.77. The first-order chi connectivity index (χ1) is 17.7. The van der Waals surface area contributed by atoms with E-state index in [9.17, 15) is 29.7 Å². The summed E-state index contributed by atoms with van der Waals surface area (Å²) < 4.78 is 6.33. The number of fused-ring (bicyclic) bond motifs is 5. The summed E-state index contributed by atoms with van der Waals surface area (Å²) in [4.78, 5) is 40.7. The van der Waals surface area contributed by atoms with Gasteiger partial charge in [0.05, 0.1) is 24.0 Å². The Kier molecular flexibility index (Phi) is 5.99. The molecule has 38 heavy (non-hydrogen) atoms. The monoisotopic (exact) mass is 522 g/mol. The summed E-state index contributed by atoms with van der Waals surface area (Å²) in [7, 11) is 0. The van der Waals surface area contributed by atoms with Crippen molar-refractivity contribution < 1.29 is 34.4 Å². The average Bonchev–Trinajstić information content (AvgIpc) is 3.29. The van der Waals surface area contributed by atoms with Crippen molar-refractivity contribution in [1.82, 2.24) is 0 Å². The molecule has 204 valence electrons. The molecule has 1 aromatic rings. The van der Waals surface area contributed by atoms with Gasteiger partial charge in [-0.1, -0.05) is 77.1 Å². The lowest BCUT2D eigenvalue weighted by Crippen LogP contribution is -2.65. The largest absolute Gasteiger partial charge is 0.457 e. The lowest BCUT2D eigenvalue weighted by atomic mass is 9.55. The number of aliphatic hydroxyl groups excluding tert-OH is 1. The second kappa shape index (κ2) is 8.44. The number of ketones is 2. The van der Waals surface area contributed by atoms with E-state index in [0.29, 0.717) is 16.7 Å². The number of benzene rings is 1. The van der Waals surface area contributed by atoms with E-state index in [2.05, 4.69) is 0 Å². The summed E-state index contributed by atoms with van der Waals surface area (Å²) in [5.41, 5.74) is -4.35. The zero-order valence-electron chi connectivity index (χ0n) is 22.9. The number of hydrogen-bond acceptors (Lipinski definition) is 7. The van der Waals surface area contributed by atoms with Crippen molar-refractivity contribution in [3.05, 3.63) is 59.2 Å². The van der Waals surface area contributed by atoms with Gasteiger partial charge in [0.1, 0.15) is 11.2 Å². The Labute approximate surface area is 223 Å². The number of carbonyl (C=O) groups excluding carboxylic acids is 3. The van der Waals surface area contributed by atoms with Gasteiger partial charge >= 0.3 is 5.97 Å². The van der Waals surface area contributed by atoms with E-state index < -0.39 is 69.5 Å². The van der Waals surface area contributed by atoms with E-state index in [1.165, 1.54) is 0 Å². The fraction of sp³-hybridized carbons (Fsp3) is 0.581.